The van der Waals surface area contributed by atoms with Crippen LogP contribution in [0.2, 0.25) is 0 Å². The molecule has 0 bridgehead atoms. The van der Waals surface area contributed by atoms with Crippen molar-refractivity contribution in [1.29, 1.82) is 0 Å². The Kier molecular flexibility index (Phi) is 5.62. The van der Waals surface area contributed by atoms with Crippen molar-refractivity contribution in [2.24, 2.45) is 0 Å². The zero-order valence-electron chi connectivity index (χ0n) is 14.1. The van der Waals surface area contributed by atoms with Gasteiger partial charge in [-0.15, -0.1) is 0 Å². The highest BCUT2D eigenvalue weighted by molar-refractivity contribution is 5.94. The van der Waals surface area contributed by atoms with Gasteiger partial charge >= 0.3 is 0 Å². The third-order valence-corrected chi connectivity index (χ3v) is 4.23. The molecule has 2 aromatic rings. The summed E-state index contributed by atoms with van der Waals surface area (Å²) in [6.45, 7) is 3.28. The average molecular weight is 363 g/mol. The van der Waals surface area contributed by atoms with E-state index in [0.717, 1.165) is 18.2 Å². The molecule has 26 heavy (non-hydrogen) atoms. The molecule has 1 saturated heterocycles. The number of hydrogen-bond donors (Lipinski definition) is 1. The molecule has 1 N–H and O–H groups in total. The lowest BCUT2D eigenvalue weighted by molar-refractivity contribution is 0.0636. The van der Waals surface area contributed by atoms with Crippen LogP contribution in [-0.2, 0) is 0 Å². The Balaban J connectivity index is 1.44. The topological polar surface area (TPSA) is 65.8 Å². The molecule has 1 aromatic carbocycles. The largest absolute Gasteiger partial charge is 0.459 e. The van der Waals surface area contributed by atoms with Crippen molar-refractivity contribution in [2.45, 2.75) is 0 Å². The molecular weight excluding hydrogens is 344 g/mol. The van der Waals surface area contributed by atoms with Crippen LogP contribution < -0.4 is 5.32 Å². The first-order valence-electron chi connectivity index (χ1n) is 8.32. The SMILES string of the molecule is O=C(NCCN1CCN(C(=O)c2cc(F)cc(F)c2)CC1)c1ccco1. The van der Waals surface area contributed by atoms with Gasteiger partial charge in [-0.25, -0.2) is 8.78 Å². The number of rotatable bonds is 5. The molecule has 0 atom stereocenters. The minimum atomic E-state index is -0.765. The molecule has 2 heterocycles. The molecule has 1 aromatic heterocycles. The number of amides is 2. The van der Waals surface area contributed by atoms with E-state index in [0.29, 0.717) is 39.3 Å². The highest BCUT2D eigenvalue weighted by atomic mass is 19.1. The third kappa shape index (κ3) is 4.45. The van der Waals surface area contributed by atoms with Crippen LogP contribution in [0.25, 0.3) is 0 Å². The predicted molar refractivity (Wildman–Crippen MR) is 89.7 cm³/mol. The van der Waals surface area contributed by atoms with E-state index >= 15 is 0 Å². The molecule has 1 fully saturated rings. The van der Waals surface area contributed by atoms with Crippen LogP contribution in [0.4, 0.5) is 8.78 Å². The maximum absolute atomic E-state index is 13.3. The van der Waals surface area contributed by atoms with Gasteiger partial charge in [-0.3, -0.25) is 14.5 Å². The molecule has 8 heteroatoms. The van der Waals surface area contributed by atoms with Crippen LogP contribution >= 0.6 is 0 Å². The first-order valence-corrected chi connectivity index (χ1v) is 8.32. The van der Waals surface area contributed by atoms with Crippen LogP contribution in [0.5, 0.6) is 0 Å². The second-order valence-electron chi connectivity index (χ2n) is 6.03. The van der Waals surface area contributed by atoms with Crippen molar-refractivity contribution < 1.29 is 22.8 Å². The Hall–Kier alpha value is -2.74. The highest BCUT2D eigenvalue weighted by Crippen LogP contribution is 2.12. The lowest BCUT2D eigenvalue weighted by atomic mass is 10.1. The lowest BCUT2D eigenvalue weighted by Gasteiger charge is -2.34. The highest BCUT2D eigenvalue weighted by Gasteiger charge is 2.23. The summed E-state index contributed by atoms with van der Waals surface area (Å²) >= 11 is 0. The number of nitrogens with zero attached hydrogens (tertiary/aromatic N) is 2. The fraction of sp³-hybridized carbons (Fsp3) is 0.333. The molecule has 1 aliphatic heterocycles. The van der Waals surface area contributed by atoms with Crippen LogP contribution in [0.3, 0.4) is 0 Å². The summed E-state index contributed by atoms with van der Waals surface area (Å²) in [5.74, 6) is -1.91. The van der Waals surface area contributed by atoms with E-state index in [2.05, 4.69) is 10.2 Å². The summed E-state index contributed by atoms with van der Waals surface area (Å²) in [6, 6.07) is 6.07. The minimum absolute atomic E-state index is 0.0154. The molecule has 6 nitrogen and oxygen atoms in total. The number of nitrogens with one attached hydrogen (secondary N) is 1. The Labute approximate surface area is 149 Å². The van der Waals surface area contributed by atoms with Crippen molar-refractivity contribution in [1.82, 2.24) is 15.1 Å². The van der Waals surface area contributed by atoms with Gasteiger partial charge in [-0.1, -0.05) is 0 Å². The second-order valence-corrected chi connectivity index (χ2v) is 6.03. The average Bonchev–Trinajstić information content (AvgIpc) is 3.15. The molecule has 2 amide bonds. The smallest absolute Gasteiger partial charge is 0.287 e. The molecule has 0 unspecified atom stereocenters. The van der Waals surface area contributed by atoms with Gasteiger partial charge in [0.05, 0.1) is 6.26 Å². The zero-order chi connectivity index (χ0) is 18.5. The van der Waals surface area contributed by atoms with Crippen LogP contribution in [0.1, 0.15) is 20.9 Å². The number of carbonyl (C=O) groups excluding carboxylic acids is 2. The van der Waals surface area contributed by atoms with Gasteiger partial charge in [-0.2, -0.15) is 0 Å². The number of piperazine rings is 1. The van der Waals surface area contributed by atoms with E-state index < -0.39 is 11.6 Å². The predicted octanol–water partition coefficient (Wildman–Crippen LogP) is 1.75. The Morgan fingerprint density at radius 2 is 1.77 bits per heavy atom. The molecule has 138 valence electrons. The van der Waals surface area contributed by atoms with Crippen LogP contribution in [0, 0.1) is 11.6 Å². The number of carbonyl (C=O) groups is 2. The number of benzene rings is 1. The molecule has 0 spiro atoms. The van der Waals surface area contributed by atoms with Gasteiger partial charge in [0, 0.05) is 50.9 Å². The summed E-state index contributed by atoms with van der Waals surface area (Å²) in [6.07, 6.45) is 1.44. The number of furan rings is 1. The summed E-state index contributed by atoms with van der Waals surface area (Å²) in [7, 11) is 0. The Morgan fingerprint density at radius 3 is 2.38 bits per heavy atom. The molecule has 1 aliphatic rings. The van der Waals surface area contributed by atoms with Crippen molar-refractivity contribution in [3.8, 4) is 0 Å². The molecule has 0 aliphatic carbocycles. The first-order chi connectivity index (χ1) is 12.5. The fourth-order valence-corrected chi connectivity index (χ4v) is 2.86. The van der Waals surface area contributed by atoms with Gasteiger partial charge in [0.2, 0.25) is 0 Å². The van der Waals surface area contributed by atoms with Crippen molar-refractivity contribution >= 4 is 11.8 Å². The minimum Gasteiger partial charge on any atom is -0.459 e. The summed E-state index contributed by atoms with van der Waals surface area (Å²) in [5.41, 5.74) is 0.0154. The number of halogens is 2. The molecule has 3 rings (SSSR count). The zero-order valence-corrected chi connectivity index (χ0v) is 14.1. The van der Waals surface area contributed by atoms with Crippen molar-refractivity contribution in [3.63, 3.8) is 0 Å². The van der Waals surface area contributed by atoms with Gasteiger partial charge in [0.1, 0.15) is 11.6 Å². The fourth-order valence-electron chi connectivity index (χ4n) is 2.86. The van der Waals surface area contributed by atoms with E-state index in [1.165, 1.54) is 6.26 Å². The lowest BCUT2D eigenvalue weighted by Crippen LogP contribution is -2.50. The van der Waals surface area contributed by atoms with E-state index in [1.807, 2.05) is 0 Å². The van der Waals surface area contributed by atoms with Crippen molar-refractivity contribution in [2.75, 3.05) is 39.3 Å². The Morgan fingerprint density at radius 1 is 1.08 bits per heavy atom. The first kappa shape index (κ1) is 18.1. The Bertz CT molecular complexity index is 752. The number of hydrogen-bond acceptors (Lipinski definition) is 4. The van der Waals surface area contributed by atoms with Gasteiger partial charge < -0.3 is 14.6 Å². The van der Waals surface area contributed by atoms with E-state index in [4.69, 9.17) is 4.42 Å². The van der Waals surface area contributed by atoms with E-state index in [1.54, 1.807) is 17.0 Å². The molecule has 0 saturated carbocycles. The van der Waals surface area contributed by atoms with Crippen LogP contribution in [-0.4, -0.2) is 60.9 Å². The van der Waals surface area contributed by atoms with E-state index in [9.17, 15) is 18.4 Å². The monoisotopic (exact) mass is 363 g/mol. The summed E-state index contributed by atoms with van der Waals surface area (Å²) < 4.78 is 31.5. The second kappa shape index (κ2) is 8.09. The third-order valence-electron chi connectivity index (χ3n) is 4.23. The normalized spacial score (nSPS) is 15.1. The quantitative estimate of drug-likeness (QED) is 0.879. The van der Waals surface area contributed by atoms with Crippen molar-refractivity contribution in [3.05, 3.63) is 59.6 Å². The maximum Gasteiger partial charge on any atom is 0.287 e. The molecular formula is C18H19F2N3O3. The van der Waals surface area contributed by atoms with E-state index in [-0.39, 0.29) is 23.1 Å². The van der Waals surface area contributed by atoms with Gasteiger partial charge in [-0.05, 0) is 24.3 Å². The van der Waals surface area contributed by atoms with Gasteiger partial charge in [0.15, 0.2) is 5.76 Å². The standard InChI is InChI=1S/C18H19F2N3O3/c19-14-10-13(11-15(20)12-14)18(25)23-7-5-22(6-8-23)4-3-21-17(24)16-2-1-9-26-16/h1-2,9-12H,3-8H2,(H,21,24). The summed E-state index contributed by atoms with van der Waals surface area (Å²) in [5, 5.41) is 2.77. The van der Waals surface area contributed by atoms with Crippen LogP contribution in [0.15, 0.2) is 41.0 Å². The maximum atomic E-state index is 13.3. The molecule has 0 radical (unpaired) electrons. The summed E-state index contributed by atoms with van der Waals surface area (Å²) in [4.78, 5) is 27.8. The van der Waals surface area contributed by atoms with Gasteiger partial charge in [0.25, 0.3) is 11.8 Å².